The van der Waals surface area contributed by atoms with Crippen molar-refractivity contribution in [3.05, 3.63) is 35.4 Å². The Morgan fingerprint density at radius 1 is 1.26 bits per heavy atom. The summed E-state index contributed by atoms with van der Waals surface area (Å²) in [4.78, 5) is 12.3. The number of amides is 1. The Labute approximate surface area is 114 Å². The molecule has 0 aliphatic heterocycles. The van der Waals surface area contributed by atoms with E-state index in [9.17, 15) is 4.79 Å². The molecule has 102 valence electrons. The summed E-state index contributed by atoms with van der Waals surface area (Å²) in [5.74, 6) is 0.185. The highest BCUT2D eigenvalue weighted by Crippen LogP contribution is 2.50. The van der Waals surface area contributed by atoms with Gasteiger partial charge in [-0.3, -0.25) is 4.79 Å². The number of hydrogen-bond acceptors (Lipinski definition) is 2. The van der Waals surface area contributed by atoms with E-state index >= 15 is 0 Å². The van der Waals surface area contributed by atoms with Gasteiger partial charge in [0, 0.05) is 12.1 Å². The van der Waals surface area contributed by atoms with Crippen LogP contribution >= 0.6 is 0 Å². The van der Waals surface area contributed by atoms with Crippen LogP contribution in [-0.2, 0) is 16.6 Å². The normalized spacial score (nSPS) is 21.8. The number of nitrogens with one attached hydrogen (secondary N) is 1. The molecule has 2 saturated carbocycles. The van der Waals surface area contributed by atoms with Crippen LogP contribution in [0.1, 0.15) is 43.7 Å². The molecule has 1 aromatic carbocycles. The van der Waals surface area contributed by atoms with Gasteiger partial charge in [0.25, 0.3) is 0 Å². The monoisotopic (exact) mass is 258 g/mol. The molecule has 3 rings (SSSR count). The SMILES string of the molecule is CCNC(=O)C1(c2ccccc2CC2(N)CC2)CC1. The molecule has 0 radical (unpaired) electrons. The van der Waals surface area contributed by atoms with Crippen LogP contribution in [0, 0.1) is 0 Å². The topological polar surface area (TPSA) is 55.1 Å². The molecule has 19 heavy (non-hydrogen) atoms. The first-order valence-electron chi connectivity index (χ1n) is 7.25. The predicted octanol–water partition coefficient (Wildman–Crippen LogP) is 1.89. The molecule has 2 fully saturated rings. The van der Waals surface area contributed by atoms with Gasteiger partial charge in [0.05, 0.1) is 5.41 Å². The highest BCUT2D eigenvalue weighted by molar-refractivity contribution is 5.91. The van der Waals surface area contributed by atoms with Crippen LogP contribution in [0.4, 0.5) is 0 Å². The Balaban J connectivity index is 1.90. The summed E-state index contributed by atoms with van der Waals surface area (Å²) in [6.07, 6.45) is 5.05. The fourth-order valence-corrected chi connectivity index (χ4v) is 2.93. The van der Waals surface area contributed by atoms with Gasteiger partial charge in [-0.05, 0) is 50.2 Å². The molecule has 0 saturated heterocycles. The van der Waals surface area contributed by atoms with Gasteiger partial charge in [-0.2, -0.15) is 0 Å². The molecule has 3 N–H and O–H groups in total. The Kier molecular flexibility index (Phi) is 2.90. The fraction of sp³-hybridized carbons (Fsp3) is 0.562. The number of carbonyl (C=O) groups excluding carboxylic acids is 1. The van der Waals surface area contributed by atoms with E-state index in [4.69, 9.17) is 5.73 Å². The lowest BCUT2D eigenvalue weighted by Crippen LogP contribution is -2.36. The number of hydrogen-bond donors (Lipinski definition) is 2. The van der Waals surface area contributed by atoms with Crippen LogP contribution in [-0.4, -0.2) is 18.0 Å². The fourth-order valence-electron chi connectivity index (χ4n) is 2.93. The molecular weight excluding hydrogens is 236 g/mol. The van der Waals surface area contributed by atoms with Gasteiger partial charge in [-0.25, -0.2) is 0 Å². The molecular formula is C16H22N2O. The van der Waals surface area contributed by atoms with Crippen molar-refractivity contribution in [2.24, 2.45) is 5.73 Å². The Morgan fingerprint density at radius 3 is 2.53 bits per heavy atom. The van der Waals surface area contributed by atoms with Crippen molar-refractivity contribution < 1.29 is 4.79 Å². The lowest BCUT2D eigenvalue weighted by Gasteiger charge is -2.20. The summed E-state index contributed by atoms with van der Waals surface area (Å²) in [5, 5.41) is 2.98. The summed E-state index contributed by atoms with van der Waals surface area (Å²) in [5.41, 5.74) is 8.45. The minimum Gasteiger partial charge on any atom is -0.356 e. The Bertz CT molecular complexity index is 501. The molecule has 0 aromatic heterocycles. The molecule has 0 atom stereocenters. The third-order valence-corrected chi connectivity index (χ3v) is 4.49. The number of likely N-dealkylation sites (N-methyl/N-ethyl adjacent to an activating group) is 1. The van der Waals surface area contributed by atoms with E-state index in [0.717, 1.165) is 32.1 Å². The van der Waals surface area contributed by atoms with E-state index in [2.05, 4.69) is 23.5 Å². The average molecular weight is 258 g/mol. The Hall–Kier alpha value is -1.35. The molecule has 3 heteroatoms. The van der Waals surface area contributed by atoms with Crippen molar-refractivity contribution in [2.45, 2.75) is 50.0 Å². The number of rotatable bonds is 5. The first kappa shape index (κ1) is 12.7. The van der Waals surface area contributed by atoms with Gasteiger partial charge < -0.3 is 11.1 Å². The van der Waals surface area contributed by atoms with Crippen LogP contribution in [0.3, 0.4) is 0 Å². The summed E-state index contributed by atoms with van der Waals surface area (Å²) < 4.78 is 0. The lowest BCUT2D eigenvalue weighted by molar-refractivity contribution is -0.123. The summed E-state index contributed by atoms with van der Waals surface area (Å²) in [6, 6.07) is 8.34. The van der Waals surface area contributed by atoms with Crippen LogP contribution in [0.2, 0.25) is 0 Å². The lowest BCUT2D eigenvalue weighted by atomic mass is 9.87. The van der Waals surface area contributed by atoms with Crippen molar-refractivity contribution in [1.82, 2.24) is 5.32 Å². The number of benzene rings is 1. The minimum atomic E-state index is -0.266. The number of carbonyl (C=O) groups is 1. The minimum absolute atomic E-state index is 0.00653. The van der Waals surface area contributed by atoms with Crippen molar-refractivity contribution >= 4 is 5.91 Å². The third kappa shape index (κ3) is 2.27. The maximum atomic E-state index is 12.3. The van der Waals surface area contributed by atoms with Crippen molar-refractivity contribution in [3.63, 3.8) is 0 Å². The predicted molar refractivity (Wildman–Crippen MR) is 75.9 cm³/mol. The third-order valence-electron chi connectivity index (χ3n) is 4.49. The standard InChI is InChI=1S/C16H22N2O/c1-2-18-14(19)16(9-10-16)13-6-4-3-5-12(13)11-15(17)7-8-15/h3-6H,2,7-11,17H2,1H3,(H,18,19). The highest BCUT2D eigenvalue weighted by Gasteiger charge is 2.52. The average Bonchev–Trinajstić information content (AvgIpc) is 3.28. The van der Waals surface area contributed by atoms with E-state index in [0.29, 0.717) is 6.54 Å². The van der Waals surface area contributed by atoms with Crippen molar-refractivity contribution in [3.8, 4) is 0 Å². The maximum Gasteiger partial charge on any atom is 0.230 e. The van der Waals surface area contributed by atoms with Gasteiger partial charge in [-0.1, -0.05) is 24.3 Å². The molecule has 2 aliphatic carbocycles. The van der Waals surface area contributed by atoms with E-state index in [-0.39, 0.29) is 16.9 Å². The molecule has 0 heterocycles. The second-order valence-electron chi connectivity index (χ2n) is 6.14. The van der Waals surface area contributed by atoms with Gasteiger partial charge in [0.15, 0.2) is 0 Å². The van der Waals surface area contributed by atoms with E-state index in [1.165, 1.54) is 11.1 Å². The van der Waals surface area contributed by atoms with Crippen molar-refractivity contribution in [1.29, 1.82) is 0 Å². The number of nitrogens with two attached hydrogens (primary N) is 1. The second-order valence-corrected chi connectivity index (χ2v) is 6.14. The zero-order valence-corrected chi connectivity index (χ0v) is 11.5. The zero-order valence-electron chi connectivity index (χ0n) is 11.5. The van der Waals surface area contributed by atoms with Crippen LogP contribution in [0.15, 0.2) is 24.3 Å². The summed E-state index contributed by atoms with van der Waals surface area (Å²) in [6.45, 7) is 2.67. The summed E-state index contributed by atoms with van der Waals surface area (Å²) >= 11 is 0. The molecule has 0 unspecified atom stereocenters. The molecule has 2 aliphatic rings. The smallest absolute Gasteiger partial charge is 0.230 e. The second kappa shape index (κ2) is 4.34. The van der Waals surface area contributed by atoms with E-state index in [1.54, 1.807) is 0 Å². The van der Waals surface area contributed by atoms with Crippen LogP contribution in [0.5, 0.6) is 0 Å². The van der Waals surface area contributed by atoms with Gasteiger partial charge >= 0.3 is 0 Å². The molecule has 1 aromatic rings. The molecule has 1 amide bonds. The first-order chi connectivity index (χ1) is 9.10. The highest BCUT2D eigenvalue weighted by atomic mass is 16.2. The zero-order chi connectivity index (χ0) is 13.5. The maximum absolute atomic E-state index is 12.3. The van der Waals surface area contributed by atoms with Crippen LogP contribution in [0.25, 0.3) is 0 Å². The molecule has 3 nitrogen and oxygen atoms in total. The Morgan fingerprint density at radius 2 is 1.95 bits per heavy atom. The van der Waals surface area contributed by atoms with Crippen LogP contribution < -0.4 is 11.1 Å². The van der Waals surface area contributed by atoms with E-state index in [1.807, 2.05) is 13.0 Å². The van der Waals surface area contributed by atoms with E-state index < -0.39 is 0 Å². The first-order valence-corrected chi connectivity index (χ1v) is 7.25. The molecule has 0 bridgehead atoms. The largest absolute Gasteiger partial charge is 0.356 e. The van der Waals surface area contributed by atoms with Gasteiger partial charge in [-0.15, -0.1) is 0 Å². The van der Waals surface area contributed by atoms with Gasteiger partial charge in [0.1, 0.15) is 0 Å². The summed E-state index contributed by atoms with van der Waals surface area (Å²) in [7, 11) is 0. The molecule has 0 spiro atoms. The van der Waals surface area contributed by atoms with Gasteiger partial charge in [0.2, 0.25) is 5.91 Å². The quantitative estimate of drug-likeness (QED) is 0.847. The van der Waals surface area contributed by atoms with Crippen molar-refractivity contribution in [2.75, 3.05) is 6.54 Å².